The van der Waals surface area contributed by atoms with Crippen LogP contribution in [0.4, 0.5) is 0 Å². The maximum Gasteiger partial charge on any atom is 0.182 e. The number of hydrogen-bond donors (Lipinski definition) is 0. The highest BCUT2D eigenvalue weighted by atomic mass is 16.5. The normalized spacial score (nSPS) is 10.4. The Balaban J connectivity index is 2.69. The topological polar surface area (TPSA) is 60.2 Å². The van der Waals surface area contributed by atoms with Gasteiger partial charge in [-0.25, -0.2) is 0 Å². The molecule has 0 bridgehead atoms. The molecule has 70 valence electrons. The van der Waals surface area contributed by atoms with Crippen molar-refractivity contribution in [2.75, 3.05) is 0 Å². The molecule has 14 heavy (non-hydrogen) atoms. The number of carbonyl (C=O) groups excluding carboxylic acids is 1. The lowest BCUT2D eigenvalue weighted by Gasteiger charge is -2.01. The number of benzene rings is 1. The van der Waals surface area contributed by atoms with Gasteiger partial charge in [0.2, 0.25) is 0 Å². The highest BCUT2D eigenvalue weighted by molar-refractivity contribution is 5.92. The molecule has 2 rings (SSSR count). The average Bonchev–Trinajstić information content (AvgIpc) is 2.16. The van der Waals surface area contributed by atoms with Gasteiger partial charge in [-0.05, 0) is 18.2 Å². The number of ketones is 1. The van der Waals surface area contributed by atoms with E-state index < -0.39 is 0 Å². The van der Waals surface area contributed by atoms with Crippen LogP contribution in [0.1, 0.15) is 17.4 Å². The highest BCUT2D eigenvalue weighted by Crippen LogP contribution is 2.18. The summed E-state index contributed by atoms with van der Waals surface area (Å²) >= 11 is 0. The number of nitrogens with zero attached hydrogens (tertiary/aromatic N) is 1. The molecule has 0 radical (unpaired) electrons. The Morgan fingerprint density at radius 1 is 1.36 bits per heavy atom. The van der Waals surface area contributed by atoms with Crippen molar-refractivity contribution in [1.82, 2.24) is 5.16 Å². The third kappa shape index (κ3) is 1.42. The van der Waals surface area contributed by atoms with Crippen LogP contribution in [-0.4, -0.2) is 10.9 Å². The molecule has 0 unspecified atom stereocenters. The SMILES string of the molecule is CC(=O)c1cc2ccc(=O)cc-2on1. The van der Waals surface area contributed by atoms with Crippen molar-refractivity contribution >= 4 is 5.78 Å². The van der Waals surface area contributed by atoms with E-state index in [1.54, 1.807) is 12.1 Å². The second-order valence-corrected chi connectivity index (χ2v) is 2.97. The van der Waals surface area contributed by atoms with Gasteiger partial charge in [0.05, 0.1) is 0 Å². The van der Waals surface area contributed by atoms with Crippen LogP contribution in [0, 0.1) is 0 Å². The molecule has 0 spiro atoms. The van der Waals surface area contributed by atoms with Gasteiger partial charge in [-0.2, -0.15) is 0 Å². The summed E-state index contributed by atoms with van der Waals surface area (Å²) in [5.41, 5.74) is 0.819. The first-order chi connectivity index (χ1) is 6.66. The van der Waals surface area contributed by atoms with Crippen LogP contribution in [0.25, 0.3) is 11.3 Å². The maximum atomic E-state index is 11.0. The van der Waals surface area contributed by atoms with E-state index in [9.17, 15) is 9.59 Å². The molecule has 4 nitrogen and oxygen atoms in total. The van der Waals surface area contributed by atoms with Crippen LogP contribution in [0.15, 0.2) is 33.6 Å². The lowest BCUT2D eigenvalue weighted by Crippen LogP contribution is -2.01. The summed E-state index contributed by atoms with van der Waals surface area (Å²) < 4.78 is 4.91. The predicted molar refractivity (Wildman–Crippen MR) is 49.4 cm³/mol. The zero-order valence-electron chi connectivity index (χ0n) is 7.48. The zero-order chi connectivity index (χ0) is 10.1. The second kappa shape index (κ2) is 3.06. The third-order valence-electron chi connectivity index (χ3n) is 1.88. The molecule has 0 amide bonds. The number of hydrogen-bond acceptors (Lipinski definition) is 4. The molecule has 1 aliphatic heterocycles. The monoisotopic (exact) mass is 189 g/mol. The van der Waals surface area contributed by atoms with E-state index in [-0.39, 0.29) is 16.9 Å². The molecule has 0 fully saturated rings. The van der Waals surface area contributed by atoms with Crippen molar-refractivity contribution in [3.8, 4) is 11.3 Å². The average molecular weight is 189 g/mol. The molecule has 0 atom stereocenters. The Kier molecular flexibility index (Phi) is 1.89. The van der Waals surface area contributed by atoms with Gasteiger partial charge < -0.3 is 4.52 Å². The largest absolute Gasteiger partial charge is 0.356 e. The summed E-state index contributed by atoms with van der Waals surface area (Å²) in [7, 11) is 0. The molecule has 0 N–H and O–H groups in total. The first-order valence-electron chi connectivity index (χ1n) is 4.08. The number of carbonyl (C=O) groups is 1. The Morgan fingerprint density at radius 2 is 2.14 bits per heavy atom. The predicted octanol–water partition coefficient (Wildman–Crippen LogP) is 1.34. The van der Waals surface area contributed by atoms with Crippen LogP contribution >= 0.6 is 0 Å². The molecule has 0 aromatic rings. The number of aromatic nitrogens is 1. The molecule has 0 aromatic carbocycles. The fourth-order valence-electron chi connectivity index (χ4n) is 1.15. The Labute approximate surface area is 79.5 Å². The first-order valence-corrected chi connectivity index (χ1v) is 4.08. The lowest BCUT2D eigenvalue weighted by atomic mass is 10.1. The standard InChI is InChI=1S/C10H7NO3/c1-6(12)9-4-7-2-3-8(13)5-10(7)14-11-9/h2-5H,1H3. The number of Topliss-reactive ketones (excluding diaryl/α,β-unsaturated/α-hetero) is 1. The summed E-state index contributed by atoms with van der Waals surface area (Å²) in [6.45, 7) is 1.41. The van der Waals surface area contributed by atoms with E-state index in [0.717, 1.165) is 0 Å². The minimum atomic E-state index is -0.165. The molecule has 2 aliphatic rings. The minimum absolute atomic E-state index is 0.140. The highest BCUT2D eigenvalue weighted by Gasteiger charge is 2.09. The van der Waals surface area contributed by atoms with Crippen molar-refractivity contribution < 1.29 is 9.32 Å². The summed E-state index contributed by atoms with van der Waals surface area (Å²) in [5.74, 6) is 0.226. The summed E-state index contributed by atoms with van der Waals surface area (Å²) in [6.07, 6.45) is 0. The van der Waals surface area contributed by atoms with Gasteiger partial charge in [-0.15, -0.1) is 0 Å². The molecule has 0 saturated carbocycles. The number of fused-ring (bicyclic) bond motifs is 1. The fraction of sp³-hybridized carbons (Fsp3) is 0.100. The van der Waals surface area contributed by atoms with Crippen molar-refractivity contribution in [1.29, 1.82) is 0 Å². The minimum Gasteiger partial charge on any atom is -0.356 e. The molecule has 1 heterocycles. The Hall–Kier alpha value is -1.97. The first kappa shape index (κ1) is 8.62. The van der Waals surface area contributed by atoms with E-state index in [0.29, 0.717) is 11.3 Å². The molecular weight excluding hydrogens is 182 g/mol. The van der Waals surface area contributed by atoms with E-state index in [1.165, 1.54) is 19.1 Å². The van der Waals surface area contributed by atoms with Gasteiger partial charge in [0.15, 0.2) is 17.0 Å². The molecular formula is C10H7NO3. The summed E-state index contributed by atoms with van der Waals surface area (Å²) in [6, 6.07) is 5.96. The van der Waals surface area contributed by atoms with E-state index >= 15 is 0 Å². The molecule has 0 saturated heterocycles. The van der Waals surface area contributed by atoms with Gasteiger partial charge in [0.25, 0.3) is 0 Å². The smallest absolute Gasteiger partial charge is 0.182 e. The van der Waals surface area contributed by atoms with Crippen LogP contribution in [-0.2, 0) is 0 Å². The molecule has 4 heteroatoms. The number of rotatable bonds is 1. The Bertz CT molecular complexity index is 515. The van der Waals surface area contributed by atoms with Crippen molar-refractivity contribution in [3.05, 3.63) is 40.2 Å². The summed E-state index contributed by atoms with van der Waals surface area (Å²) in [4.78, 5) is 21.9. The van der Waals surface area contributed by atoms with Gasteiger partial charge >= 0.3 is 0 Å². The van der Waals surface area contributed by atoms with Crippen LogP contribution in [0.2, 0.25) is 0 Å². The van der Waals surface area contributed by atoms with Gasteiger partial charge in [-0.1, -0.05) is 5.16 Å². The van der Waals surface area contributed by atoms with Gasteiger partial charge in [0.1, 0.15) is 5.69 Å². The quantitative estimate of drug-likeness (QED) is 0.635. The van der Waals surface area contributed by atoms with Gasteiger partial charge in [0, 0.05) is 18.6 Å². The Morgan fingerprint density at radius 3 is 2.86 bits per heavy atom. The molecule has 0 aromatic heterocycles. The van der Waals surface area contributed by atoms with Crippen LogP contribution in [0.5, 0.6) is 0 Å². The molecule has 1 aliphatic carbocycles. The summed E-state index contributed by atoms with van der Waals surface area (Å²) in [5, 5.41) is 3.58. The maximum absolute atomic E-state index is 11.0. The van der Waals surface area contributed by atoms with Crippen molar-refractivity contribution in [2.45, 2.75) is 6.92 Å². The van der Waals surface area contributed by atoms with E-state index in [2.05, 4.69) is 5.16 Å². The third-order valence-corrected chi connectivity index (χ3v) is 1.88. The fourth-order valence-corrected chi connectivity index (χ4v) is 1.15. The van der Waals surface area contributed by atoms with Crippen molar-refractivity contribution in [2.24, 2.45) is 0 Å². The second-order valence-electron chi connectivity index (χ2n) is 2.97. The van der Waals surface area contributed by atoms with E-state index in [4.69, 9.17) is 4.52 Å². The van der Waals surface area contributed by atoms with E-state index in [1.807, 2.05) is 0 Å². The van der Waals surface area contributed by atoms with Crippen molar-refractivity contribution in [3.63, 3.8) is 0 Å². The van der Waals surface area contributed by atoms with Crippen LogP contribution < -0.4 is 5.43 Å². The van der Waals surface area contributed by atoms with Crippen LogP contribution in [0.3, 0.4) is 0 Å². The zero-order valence-corrected chi connectivity index (χ0v) is 7.48. The van der Waals surface area contributed by atoms with Gasteiger partial charge in [-0.3, -0.25) is 9.59 Å². The lowest BCUT2D eigenvalue weighted by molar-refractivity contribution is 0.100.